The number of rotatable bonds is 4. The third kappa shape index (κ3) is 4.47. The molecular formula is C15H20BrClN2O. The van der Waals surface area contributed by atoms with Crippen LogP contribution in [0.4, 0.5) is 0 Å². The highest BCUT2D eigenvalue weighted by molar-refractivity contribution is 9.10. The number of hydrogen-bond acceptors (Lipinski definition) is 2. The van der Waals surface area contributed by atoms with E-state index in [4.69, 9.17) is 11.6 Å². The molecule has 5 heteroatoms. The van der Waals surface area contributed by atoms with Gasteiger partial charge >= 0.3 is 0 Å². The van der Waals surface area contributed by atoms with Crippen LogP contribution in [-0.2, 0) is 0 Å². The maximum absolute atomic E-state index is 12.0. The Kier molecular flexibility index (Phi) is 5.87. The largest absolute Gasteiger partial charge is 0.352 e. The molecule has 20 heavy (non-hydrogen) atoms. The minimum Gasteiger partial charge on any atom is -0.352 e. The third-order valence-corrected chi connectivity index (χ3v) is 5.09. The number of carbonyl (C=O) groups is 1. The number of nitrogens with one attached hydrogen (secondary N) is 1. The molecule has 1 aromatic rings. The smallest absolute Gasteiger partial charge is 0.251 e. The van der Waals surface area contributed by atoms with E-state index in [1.807, 2.05) is 0 Å². The van der Waals surface area contributed by atoms with Gasteiger partial charge in [0, 0.05) is 16.6 Å². The first-order chi connectivity index (χ1) is 9.56. The number of hydrogen-bond donors (Lipinski definition) is 1. The molecule has 1 saturated heterocycles. The van der Waals surface area contributed by atoms with Gasteiger partial charge in [0.05, 0.1) is 5.02 Å². The molecule has 1 fully saturated rings. The number of amides is 1. The topological polar surface area (TPSA) is 32.3 Å². The summed E-state index contributed by atoms with van der Waals surface area (Å²) in [5.74, 6) is 0.687. The van der Waals surface area contributed by atoms with Crippen molar-refractivity contribution in [1.29, 1.82) is 0 Å². The van der Waals surface area contributed by atoms with Crippen molar-refractivity contribution >= 4 is 33.4 Å². The second-order valence-corrected chi connectivity index (χ2v) is 6.68. The number of benzene rings is 1. The Hall–Kier alpha value is -0.580. The summed E-state index contributed by atoms with van der Waals surface area (Å²) in [6.07, 6.45) is 3.52. The molecule has 1 N–H and O–H groups in total. The highest BCUT2D eigenvalue weighted by Crippen LogP contribution is 2.23. The molecule has 1 amide bonds. The molecule has 0 saturated carbocycles. The molecule has 1 heterocycles. The highest BCUT2D eigenvalue weighted by atomic mass is 79.9. The average Bonchev–Trinajstić information content (AvgIpc) is 2.44. The fourth-order valence-corrected chi connectivity index (χ4v) is 2.91. The van der Waals surface area contributed by atoms with E-state index in [1.54, 1.807) is 18.2 Å². The summed E-state index contributed by atoms with van der Waals surface area (Å²) < 4.78 is 0.807. The molecule has 0 aromatic heterocycles. The second kappa shape index (κ2) is 7.43. The molecule has 0 radical (unpaired) electrons. The van der Waals surface area contributed by atoms with Gasteiger partial charge in [-0.25, -0.2) is 0 Å². The fraction of sp³-hybridized carbons (Fsp3) is 0.533. The maximum atomic E-state index is 12.0. The second-order valence-electron chi connectivity index (χ2n) is 5.42. The van der Waals surface area contributed by atoms with Gasteiger partial charge < -0.3 is 10.2 Å². The standard InChI is InChI=1S/C15H20BrClN2O/c1-19-8-5-11(6-9-19)4-7-18-15(20)12-2-3-13(16)14(17)10-12/h2-3,10-11H,4-9H2,1H3,(H,18,20). The summed E-state index contributed by atoms with van der Waals surface area (Å²) in [4.78, 5) is 14.4. The van der Waals surface area contributed by atoms with Crippen LogP contribution >= 0.6 is 27.5 Å². The molecule has 1 aliphatic rings. The van der Waals surface area contributed by atoms with Crippen molar-refractivity contribution < 1.29 is 4.79 Å². The van der Waals surface area contributed by atoms with Crippen LogP contribution in [0, 0.1) is 5.92 Å². The molecule has 0 spiro atoms. The summed E-state index contributed by atoms with van der Waals surface area (Å²) in [6.45, 7) is 3.07. The van der Waals surface area contributed by atoms with E-state index in [0.29, 0.717) is 10.6 Å². The summed E-state index contributed by atoms with van der Waals surface area (Å²) in [5.41, 5.74) is 0.613. The monoisotopic (exact) mass is 358 g/mol. The van der Waals surface area contributed by atoms with Gasteiger partial charge in [0.15, 0.2) is 0 Å². The van der Waals surface area contributed by atoms with Crippen molar-refractivity contribution in [3.8, 4) is 0 Å². The number of carbonyl (C=O) groups excluding carboxylic acids is 1. The van der Waals surface area contributed by atoms with Crippen LogP contribution in [0.1, 0.15) is 29.6 Å². The van der Waals surface area contributed by atoms with Crippen LogP contribution < -0.4 is 5.32 Å². The van der Waals surface area contributed by atoms with Gasteiger partial charge in [-0.05, 0) is 79.4 Å². The van der Waals surface area contributed by atoms with Crippen LogP contribution in [0.25, 0.3) is 0 Å². The van der Waals surface area contributed by atoms with Crippen LogP contribution in [0.5, 0.6) is 0 Å². The molecule has 0 bridgehead atoms. The zero-order valence-corrected chi connectivity index (χ0v) is 14.0. The van der Waals surface area contributed by atoms with Crippen molar-refractivity contribution in [1.82, 2.24) is 10.2 Å². The van der Waals surface area contributed by atoms with Crippen LogP contribution in [0.3, 0.4) is 0 Å². The summed E-state index contributed by atoms with van der Waals surface area (Å²) in [6, 6.07) is 5.27. The highest BCUT2D eigenvalue weighted by Gasteiger charge is 2.16. The van der Waals surface area contributed by atoms with Crippen molar-refractivity contribution in [3.63, 3.8) is 0 Å². The normalized spacial score (nSPS) is 17.1. The first-order valence-corrected chi connectivity index (χ1v) is 8.15. The zero-order valence-electron chi connectivity index (χ0n) is 11.7. The van der Waals surface area contributed by atoms with Gasteiger partial charge in [-0.3, -0.25) is 4.79 Å². The first-order valence-electron chi connectivity index (χ1n) is 6.98. The Morgan fingerprint density at radius 2 is 2.15 bits per heavy atom. The summed E-state index contributed by atoms with van der Waals surface area (Å²) in [5, 5.41) is 3.54. The number of piperidine rings is 1. The van der Waals surface area contributed by atoms with Gasteiger partial charge in [0.25, 0.3) is 5.91 Å². The zero-order chi connectivity index (χ0) is 14.5. The Morgan fingerprint density at radius 3 is 2.80 bits per heavy atom. The molecule has 1 aromatic carbocycles. The van der Waals surface area contributed by atoms with Gasteiger partial charge in [-0.1, -0.05) is 11.6 Å². The molecule has 110 valence electrons. The molecule has 0 aliphatic carbocycles. The minimum atomic E-state index is -0.0488. The Morgan fingerprint density at radius 1 is 1.45 bits per heavy atom. The van der Waals surface area contributed by atoms with Gasteiger partial charge in [-0.2, -0.15) is 0 Å². The van der Waals surface area contributed by atoms with Crippen molar-refractivity contribution in [2.24, 2.45) is 5.92 Å². The number of halogens is 2. The predicted octanol–water partition coefficient (Wildman–Crippen LogP) is 3.56. The third-order valence-electron chi connectivity index (χ3n) is 3.86. The van der Waals surface area contributed by atoms with E-state index in [2.05, 4.69) is 33.2 Å². The summed E-state index contributed by atoms with van der Waals surface area (Å²) >= 11 is 9.32. The maximum Gasteiger partial charge on any atom is 0.251 e. The Labute approximate surface area is 133 Å². The quantitative estimate of drug-likeness (QED) is 0.891. The molecule has 3 nitrogen and oxygen atoms in total. The van der Waals surface area contributed by atoms with E-state index in [0.717, 1.165) is 23.4 Å². The molecule has 1 aliphatic heterocycles. The van der Waals surface area contributed by atoms with Crippen LogP contribution in [0.2, 0.25) is 5.02 Å². The average molecular weight is 360 g/mol. The lowest BCUT2D eigenvalue weighted by Gasteiger charge is -2.28. The van der Waals surface area contributed by atoms with E-state index in [-0.39, 0.29) is 5.91 Å². The van der Waals surface area contributed by atoms with Gasteiger partial charge in [-0.15, -0.1) is 0 Å². The lowest BCUT2D eigenvalue weighted by molar-refractivity contribution is 0.0949. The molecule has 0 unspecified atom stereocenters. The van der Waals surface area contributed by atoms with Crippen LogP contribution in [-0.4, -0.2) is 37.5 Å². The van der Waals surface area contributed by atoms with E-state index in [9.17, 15) is 4.79 Å². The molecular weight excluding hydrogens is 340 g/mol. The van der Waals surface area contributed by atoms with Crippen LogP contribution in [0.15, 0.2) is 22.7 Å². The Bertz CT molecular complexity index is 473. The Balaban J connectivity index is 1.76. The number of nitrogens with zero attached hydrogens (tertiary/aromatic N) is 1. The first kappa shape index (κ1) is 15.8. The van der Waals surface area contributed by atoms with Crippen molar-refractivity contribution in [2.45, 2.75) is 19.3 Å². The van der Waals surface area contributed by atoms with E-state index < -0.39 is 0 Å². The summed E-state index contributed by atoms with van der Waals surface area (Å²) in [7, 11) is 2.16. The predicted molar refractivity (Wildman–Crippen MR) is 86.3 cm³/mol. The van der Waals surface area contributed by atoms with Crippen molar-refractivity contribution in [2.75, 3.05) is 26.7 Å². The lowest BCUT2D eigenvalue weighted by Crippen LogP contribution is -2.32. The SMILES string of the molecule is CN1CCC(CCNC(=O)c2ccc(Br)c(Cl)c2)CC1. The lowest BCUT2D eigenvalue weighted by atomic mass is 9.94. The van der Waals surface area contributed by atoms with E-state index in [1.165, 1.54) is 25.9 Å². The van der Waals surface area contributed by atoms with Gasteiger partial charge in [0.1, 0.15) is 0 Å². The van der Waals surface area contributed by atoms with Gasteiger partial charge in [0.2, 0.25) is 0 Å². The molecule has 0 atom stereocenters. The van der Waals surface area contributed by atoms with E-state index >= 15 is 0 Å². The minimum absolute atomic E-state index is 0.0488. The fourth-order valence-electron chi connectivity index (χ4n) is 2.48. The van der Waals surface area contributed by atoms with Crippen molar-refractivity contribution in [3.05, 3.63) is 33.3 Å². The molecule has 2 rings (SSSR count). The number of likely N-dealkylation sites (tertiary alicyclic amines) is 1.